The number of aromatic nitrogens is 1. The number of amides is 2. The lowest BCUT2D eigenvalue weighted by molar-refractivity contribution is -0.142. The second kappa shape index (κ2) is 11.6. The summed E-state index contributed by atoms with van der Waals surface area (Å²) in [5, 5.41) is 7.20. The van der Waals surface area contributed by atoms with Gasteiger partial charge >= 0.3 is 5.97 Å². The molecule has 2 aromatic carbocycles. The highest BCUT2D eigenvalue weighted by atomic mass is 32.2. The smallest absolute Gasteiger partial charge is 0.311 e. The molecule has 1 aromatic heterocycles. The van der Waals surface area contributed by atoms with Crippen LogP contribution in [0.4, 0.5) is 15.2 Å². The number of halogens is 1. The number of nitrogens with one attached hydrogen (secondary N) is 2. The largest absolute Gasteiger partial charge is 0.466 e. The molecule has 2 N–H and O–H groups in total. The fourth-order valence-corrected chi connectivity index (χ4v) is 4.36. The molecule has 0 saturated heterocycles. The Labute approximate surface area is 198 Å². The van der Waals surface area contributed by atoms with E-state index >= 15 is 0 Å². The van der Waals surface area contributed by atoms with Crippen molar-refractivity contribution in [2.75, 3.05) is 17.2 Å². The molecular formula is C23H22FN3O4S2. The van der Waals surface area contributed by atoms with Gasteiger partial charge in [-0.15, -0.1) is 23.1 Å². The molecule has 172 valence electrons. The molecule has 0 spiro atoms. The summed E-state index contributed by atoms with van der Waals surface area (Å²) < 4.78 is 17.9. The average molecular weight is 488 g/mol. The summed E-state index contributed by atoms with van der Waals surface area (Å²) in [6.07, 6.45) is 0.0565. The van der Waals surface area contributed by atoms with Crippen LogP contribution in [0.25, 0.3) is 0 Å². The summed E-state index contributed by atoms with van der Waals surface area (Å²) in [6, 6.07) is 12.4. The van der Waals surface area contributed by atoms with Crippen LogP contribution in [-0.4, -0.2) is 34.6 Å². The van der Waals surface area contributed by atoms with Crippen LogP contribution in [0.3, 0.4) is 0 Å². The van der Waals surface area contributed by atoms with Gasteiger partial charge in [-0.25, -0.2) is 9.37 Å². The fourth-order valence-electron chi connectivity index (χ4n) is 2.72. The number of hydrogen-bond donors (Lipinski definition) is 2. The Morgan fingerprint density at radius 3 is 2.64 bits per heavy atom. The van der Waals surface area contributed by atoms with E-state index in [-0.39, 0.29) is 24.2 Å². The van der Waals surface area contributed by atoms with Crippen molar-refractivity contribution < 1.29 is 23.5 Å². The first-order valence-electron chi connectivity index (χ1n) is 10.1. The molecule has 0 aliphatic rings. The van der Waals surface area contributed by atoms with Gasteiger partial charge in [0.2, 0.25) is 5.91 Å². The van der Waals surface area contributed by atoms with E-state index in [2.05, 4.69) is 15.6 Å². The predicted octanol–water partition coefficient (Wildman–Crippen LogP) is 4.76. The number of benzene rings is 2. The third kappa shape index (κ3) is 7.40. The van der Waals surface area contributed by atoms with Crippen molar-refractivity contribution in [3.8, 4) is 0 Å². The Kier molecular flexibility index (Phi) is 8.56. The number of ether oxygens (including phenoxy) is 1. The molecule has 0 aliphatic carbocycles. The SMILES string of the molecule is CCOC(=O)Cc1csc(NC(=O)C(C)Sc2cccc(NC(=O)c3ccc(F)cc3)c2)n1. The van der Waals surface area contributed by atoms with E-state index in [0.29, 0.717) is 28.7 Å². The van der Waals surface area contributed by atoms with Crippen LogP contribution in [0.2, 0.25) is 0 Å². The number of carbonyl (C=O) groups excluding carboxylic acids is 3. The Hall–Kier alpha value is -3.24. The van der Waals surface area contributed by atoms with Gasteiger partial charge in [0.05, 0.1) is 24.0 Å². The molecule has 0 aliphatic heterocycles. The van der Waals surface area contributed by atoms with Crippen LogP contribution in [0.1, 0.15) is 29.9 Å². The number of carbonyl (C=O) groups is 3. The monoisotopic (exact) mass is 487 g/mol. The summed E-state index contributed by atoms with van der Waals surface area (Å²) in [7, 11) is 0. The van der Waals surface area contributed by atoms with Crippen LogP contribution in [0, 0.1) is 5.82 Å². The molecule has 33 heavy (non-hydrogen) atoms. The van der Waals surface area contributed by atoms with Crippen molar-refractivity contribution in [2.24, 2.45) is 0 Å². The van der Waals surface area contributed by atoms with Crippen molar-refractivity contribution in [2.45, 2.75) is 30.4 Å². The standard InChI is InChI=1S/C23H22FN3O4S2/c1-3-31-20(28)12-18-13-32-23(26-18)27-21(29)14(2)33-19-6-4-5-17(11-19)25-22(30)15-7-9-16(24)10-8-15/h4-11,13-14H,3,12H2,1-2H3,(H,25,30)(H,26,27,29). The normalized spacial score (nSPS) is 11.5. The molecule has 10 heteroatoms. The molecule has 1 atom stereocenters. The van der Waals surface area contributed by atoms with Gasteiger partial charge in [0.25, 0.3) is 5.91 Å². The molecular weight excluding hydrogens is 465 g/mol. The lowest BCUT2D eigenvalue weighted by Crippen LogP contribution is -2.22. The first-order valence-corrected chi connectivity index (χ1v) is 11.8. The molecule has 1 heterocycles. The Balaban J connectivity index is 1.55. The topological polar surface area (TPSA) is 97.4 Å². The van der Waals surface area contributed by atoms with Crippen molar-refractivity contribution in [1.29, 1.82) is 0 Å². The zero-order valence-corrected chi connectivity index (χ0v) is 19.6. The molecule has 3 aromatic rings. The highest BCUT2D eigenvalue weighted by Gasteiger charge is 2.17. The van der Waals surface area contributed by atoms with E-state index in [1.54, 1.807) is 37.4 Å². The Morgan fingerprint density at radius 1 is 1.15 bits per heavy atom. The highest BCUT2D eigenvalue weighted by Crippen LogP contribution is 2.27. The van der Waals surface area contributed by atoms with Crippen molar-refractivity contribution >= 4 is 51.7 Å². The van der Waals surface area contributed by atoms with Gasteiger partial charge < -0.3 is 15.4 Å². The molecule has 1 unspecified atom stereocenters. The van der Waals surface area contributed by atoms with Gasteiger partial charge in [-0.1, -0.05) is 6.07 Å². The lowest BCUT2D eigenvalue weighted by atomic mass is 10.2. The summed E-state index contributed by atoms with van der Waals surface area (Å²) in [5.41, 5.74) is 1.44. The van der Waals surface area contributed by atoms with Gasteiger partial charge in [-0.05, 0) is 56.3 Å². The zero-order valence-electron chi connectivity index (χ0n) is 18.0. The minimum atomic E-state index is -0.439. The number of thiazole rings is 1. The Bertz CT molecular complexity index is 1130. The quantitative estimate of drug-likeness (QED) is 0.334. The van der Waals surface area contributed by atoms with Crippen molar-refractivity contribution in [3.05, 3.63) is 71.0 Å². The van der Waals surface area contributed by atoms with Crippen LogP contribution in [-0.2, 0) is 20.7 Å². The number of anilines is 2. The van der Waals surface area contributed by atoms with E-state index in [1.807, 2.05) is 6.07 Å². The molecule has 3 rings (SSSR count). The van der Waals surface area contributed by atoms with E-state index in [1.165, 1.54) is 47.4 Å². The summed E-state index contributed by atoms with van der Waals surface area (Å²) >= 11 is 2.56. The number of esters is 1. The summed E-state index contributed by atoms with van der Waals surface area (Å²) in [5.74, 6) is -1.37. The number of hydrogen-bond acceptors (Lipinski definition) is 7. The molecule has 0 saturated carbocycles. The summed E-state index contributed by atoms with van der Waals surface area (Å²) in [4.78, 5) is 41.5. The first kappa shape index (κ1) is 24.4. The second-order valence-corrected chi connectivity index (χ2v) is 9.14. The first-order chi connectivity index (χ1) is 15.8. The third-order valence-corrected chi connectivity index (χ3v) is 6.19. The highest BCUT2D eigenvalue weighted by molar-refractivity contribution is 8.00. The molecule has 0 fully saturated rings. The number of nitrogens with zero attached hydrogens (tertiary/aromatic N) is 1. The number of thioether (sulfide) groups is 1. The van der Waals surface area contributed by atoms with Crippen molar-refractivity contribution in [3.63, 3.8) is 0 Å². The maximum atomic E-state index is 13.0. The molecule has 0 radical (unpaired) electrons. The number of rotatable bonds is 9. The summed E-state index contributed by atoms with van der Waals surface area (Å²) in [6.45, 7) is 3.80. The maximum Gasteiger partial charge on any atom is 0.311 e. The second-order valence-electron chi connectivity index (χ2n) is 6.86. The fraction of sp³-hybridized carbons (Fsp3) is 0.217. The zero-order chi connectivity index (χ0) is 23.8. The third-order valence-electron chi connectivity index (χ3n) is 4.29. The van der Waals surface area contributed by atoms with E-state index in [9.17, 15) is 18.8 Å². The predicted molar refractivity (Wildman–Crippen MR) is 127 cm³/mol. The van der Waals surface area contributed by atoms with Crippen LogP contribution >= 0.6 is 23.1 Å². The van der Waals surface area contributed by atoms with Gasteiger partial charge in [-0.3, -0.25) is 14.4 Å². The van der Waals surface area contributed by atoms with E-state index in [4.69, 9.17) is 4.74 Å². The molecule has 2 amide bonds. The maximum absolute atomic E-state index is 13.0. The van der Waals surface area contributed by atoms with Gasteiger partial charge in [0.15, 0.2) is 5.13 Å². The molecule has 7 nitrogen and oxygen atoms in total. The van der Waals surface area contributed by atoms with Crippen LogP contribution in [0.5, 0.6) is 0 Å². The minimum Gasteiger partial charge on any atom is -0.466 e. The minimum absolute atomic E-state index is 0.0565. The van der Waals surface area contributed by atoms with Crippen LogP contribution < -0.4 is 10.6 Å². The van der Waals surface area contributed by atoms with Crippen molar-refractivity contribution in [1.82, 2.24) is 4.98 Å². The Morgan fingerprint density at radius 2 is 1.91 bits per heavy atom. The van der Waals surface area contributed by atoms with E-state index in [0.717, 1.165) is 4.90 Å². The van der Waals surface area contributed by atoms with Gasteiger partial charge in [-0.2, -0.15) is 0 Å². The van der Waals surface area contributed by atoms with Gasteiger partial charge in [0, 0.05) is 21.5 Å². The average Bonchev–Trinajstić information content (AvgIpc) is 3.21. The lowest BCUT2D eigenvalue weighted by Gasteiger charge is -2.12. The van der Waals surface area contributed by atoms with Crippen LogP contribution in [0.15, 0.2) is 58.8 Å². The van der Waals surface area contributed by atoms with E-state index < -0.39 is 11.1 Å². The molecule has 0 bridgehead atoms. The van der Waals surface area contributed by atoms with Gasteiger partial charge in [0.1, 0.15) is 5.82 Å².